The van der Waals surface area contributed by atoms with E-state index in [0.29, 0.717) is 56.9 Å². The summed E-state index contributed by atoms with van der Waals surface area (Å²) in [5, 5.41) is 14.6. The van der Waals surface area contributed by atoms with E-state index in [1.54, 1.807) is 24.3 Å². The Balaban J connectivity index is 0.000000150. The van der Waals surface area contributed by atoms with E-state index in [2.05, 4.69) is 42.5 Å². The quantitative estimate of drug-likeness (QED) is 0.0709. The molecule has 0 aromatic heterocycles. The maximum absolute atomic E-state index is 13.7. The zero-order valence-corrected chi connectivity index (χ0v) is 81.5. The number of rotatable bonds is 12. The van der Waals surface area contributed by atoms with Crippen molar-refractivity contribution in [2.45, 2.75) is 79.9 Å². The van der Waals surface area contributed by atoms with Crippen LogP contribution in [0.3, 0.4) is 0 Å². The highest BCUT2D eigenvalue weighted by Crippen LogP contribution is 2.47. The fourth-order valence-corrected chi connectivity index (χ4v) is 24.1. The standard InChI is InChI=1S/C18H13Cl3N2O4S.C17H13Cl3N2O4S.C16H12BrClN2O4S.C16H10Cl4N2O4S.C16H11F3N2O4S/c19-9-2-6-15-12(7-9)16(18(25)23(11-3-4-11)28(15,26)27)17(24)22-14-5-1-10(20)8-13(14)21;1-2-22-17(24)15(11-7-9(18)4-6-14(11)27(22,25)26)16(23)21-13-5-3-10(19)8-12(13)20;1-20-16(22)14(15(21)19-11-5-2-9(17)3-6-11)12-8-10(18)4-7-13(12)25(20,23)24;1-22-16(24)13(15(23)21-10-4-2-7(17)6-9(10)19)12-11(27(22,25)26)5-3-8(18)14(12)20;1-21-16(23)14(10-6-8(17)3-5-13(10)26(21,24)25)15(22)20-12-4-2-9(18)7-11(12)19/h1-2,5-8,11,16H,3-4H2,(H,22,24);3-8,15H,2H2,1H3,(H,21,23);2-8,14H,1H3,(H,19,21);2-6,13H,1H3,(H,21,23);2-7,14H,1H3,(H,20,22). The Morgan fingerprint density at radius 1 is 0.346 bits per heavy atom. The van der Waals surface area contributed by atoms with Crippen LogP contribution in [-0.2, 0) is 98.1 Å². The van der Waals surface area contributed by atoms with Crippen LogP contribution in [-0.4, -0.2) is 156 Å². The molecule has 0 saturated heterocycles. The average Bonchev–Trinajstić information content (AvgIpc) is 1.58. The molecule has 1 saturated carbocycles. The minimum atomic E-state index is -4.23. The molecule has 10 aromatic carbocycles. The number of likely N-dealkylation sites (N-methyl/N-ethyl adjacent to an activating group) is 4. The second-order valence-corrected chi connectivity index (χ2v) is 43.9. The summed E-state index contributed by atoms with van der Waals surface area (Å²) in [5.41, 5.74) is 0.427. The van der Waals surface area contributed by atoms with Gasteiger partial charge in [-0.15, -0.1) is 0 Å². The van der Waals surface area contributed by atoms with Crippen molar-refractivity contribution in [1.82, 2.24) is 21.5 Å². The molecule has 5 unspecified atom stereocenters. The van der Waals surface area contributed by atoms with E-state index in [-0.39, 0.29) is 111 Å². The summed E-state index contributed by atoms with van der Waals surface area (Å²) in [4.78, 5) is 126. The summed E-state index contributed by atoms with van der Waals surface area (Å²) in [7, 11) is -17.3. The number of hydrogen-bond donors (Lipinski definition) is 5. The fourth-order valence-electron chi connectivity index (χ4n) is 13.9. The molecule has 0 bridgehead atoms. The monoisotopic (exact) mass is 2200 g/mol. The van der Waals surface area contributed by atoms with Gasteiger partial charge in [0.05, 0.1) is 72.3 Å². The molecule has 696 valence electrons. The van der Waals surface area contributed by atoms with Crippen LogP contribution in [0.15, 0.2) is 211 Å². The van der Waals surface area contributed by atoms with Gasteiger partial charge in [-0.3, -0.25) is 47.9 Å². The first-order chi connectivity index (χ1) is 62.2. The highest BCUT2D eigenvalue weighted by Gasteiger charge is 2.54. The van der Waals surface area contributed by atoms with Gasteiger partial charge in [0, 0.05) is 85.7 Å². The topological polar surface area (TPSA) is 418 Å². The van der Waals surface area contributed by atoms with Gasteiger partial charge < -0.3 is 26.6 Å². The minimum Gasteiger partial charge on any atom is -0.325 e. The van der Waals surface area contributed by atoms with Crippen LogP contribution in [0.2, 0.25) is 55.2 Å². The van der Waals surface area contributed by atoms with Crippen LogP contribution in [0.25, 0.3) is 0 Å². The third kappa shape index (κ3) is 20.9. The molecule has 1 aliphatic carbocycles. The molecule has 10 aromatic rings. The molecule has 0 spiro atoms. The number of nitrogens with zero attached hydrogens (tertiary/aromatic N) is 5. The predicted molar refractivity (Wildman–Crippen MR) is 495 cm³/mol. The number of halogens is 15. The lowest BCUT2D eigenvalue weighted by atomic mass is 9.96. The van der Waals surface area contributed by atoms with Gasteiger partial charge in [0.2, 0.25) is 29.5 Å². The van der Waals surface area contributed by atoms with Crippen molar-refractivity contribution in [2.24, 2.45) is 0 Å². The molecule has 5 aliphatic heterocycles. The summed E-state index contributed by atoms with van der Waals surface area (Å²) < 4.78 is 170. The Bertz CT molecular complexity index is 7260. The summed E-state index contributed by atoms with van der Waals surface area (Å²) in [6.45, 7) is 1.41. The molecule has 10 amide bonds. The molecule has 16 rings (SSSR count). The first kappa shape index (κ1) is 102. The van der Waals surface area contributed by atoms with E-state index in [0.717, 1.165) is 60.3 Å². The van der Waals surface area contributed by atoms with Gasteiger partial charge in [-0.1, -0.05) is 144 Å². The van der Waals surface area contributed by atoms with Gasteiger partial charge in [-0.2, -0.15) is 0 Å². The zero-order valence-electron chi connectivity index (χ0n) is 67.5. The van der Waals surface area contributed by atoms with E-state index < -0.39 is 173 Å². The lowest BCUT2D eigenvalue weighted by molar-refractivity contribution is -0.135. The molecule has 5 atom stereocenters. The second-order valence-electron chi connectivity index (χ2n) is 28.9. The number of sulfonamides is 5. The van der Waals surface area contributed by atoms with E-state index in [4.69, 9.17) is 128 Å². The minimum absolute atomic E-state index is 0.0188. The molecular formula is C83H59BrCl11F3N10O20S5. The lowest BCUT2D eigenvalue weighted by Gasteiger charge is -2.33. The molecule has 5 heterocycles. The molecule has 133 heavy (non-hydrogen) atoms. The Labute approximate surface area is 819 Å². The summed E-state index contributed by atoms with van der Waals surface area (Å²) in [5.74, 6) is -18.6. The van der Waals surface area contributed by atoms with Gasteiger partial charge in [-0.25, -0.2) is 76.8 Å². The number of carbonyl (C=O) groups excluding carboxylic acids is 10. The summed E-state index contributed by atoms with van der Waals surface area (Å²) in [6, 6.07) is 39.3. The normalized spacial score (nSPS) is 18.8. The Morgan fingerprint density at radius 3 is 1.08 bits per heavy atom. The number of fused-ring (bicyclic) bond motifs is 5. The first-order valence-corrected chi connectivity index (χ1v) is 49.9. The van der Waals surface area contributed by atoms with Crippen molar-refractivity contribution in [3.05, 3.63) is 287 Å². The van der Waals surface area contributed by atoms with Gasteiger partial charge in [0.15, 0.2) is 0 Å². The highest BCUT2D eigenvalue weighted by atomic mass is 79.9. The van der Waals surface area contributed by atoms with Crippen LogP contribution in [0, 0.1) is 17.5 Å². The van der Waals surface area contributed by atoms with Crippen LogP contribution in [0.1, 0.15) is 77.2 Å². The molecule has 0 radical (unpaired) electrons. The average molecular weight is 2200 g/mol. The van der Waals surface area contributed by atoms with Crippen molar-refractivity contribution >= 4 is 281 Å². The largest absolute Gasteiger partial charge is 0.325 e. The van der Waals surface area contributed by atoms with Crippen molar-refractivity contribution < 1.29 is 103 Å². The molecular weight excluding hydrogens is 2140 g/mol. The molecule has 5 N–H and O–H groups in total. The SMILES string of the molecule is CCN1C(=O)C(C(=O)Nc2ccc(Cl)cc2Cl)c2cc(Cl)ccc2S1(=O)=O.CN1C(=O)C(C(=O)Nc2ccc(Br)cc2)c2cc(Cl)ccc2S1(=O)=O.CN1C(=O)C(C(=O)Nc2ccc(Cl)cc2Cl)c2c(ccc(Cl)c2Cl)S1(=O)=O.CN1C(=O)C(C(=O)Nc2ccc(F)cc2F)c2cc(F)ccc2S1(=O)=O.O=C(Nc1ccc(Cl)cc1Cl)C1C(=O)N(C2CC2)S(=O)(=O)c2ccc(Cl)cc21. The smallest absolute Gasteiger partial charge is 0.267 e. The number of carbonyl (C=O) groups is 10. The molecule has 1 fully saturated rings. The maximum Gasteiger partial charge on any atom is 0.267 e. The van der Waals surface area contributed by atoms with Gasteiger partial charge in [0.25, 0.3) is 79.7 Å². The van der Waals surface area contributed by atoms with Crippen LogP contribution in [0.4, 0.5) is 41.6 Å². The number of benzene rings is 10. The summed E-state index contributed by atoms with van der Waals surface area (Å²) >= 11 is 69.1. The second kappa shape index (κ2) is 40.2. The van der Waals surface area contributed by atoms with E-state index >= 15 is 0 Å². The number of nitrogens with one attached hydrogen (secondary N) is 5. The molecule has 50 heteroatoms. The van der Waals surface area contributed by atoms with Crippen LogP contribution >= 0.6 is 144 Å². The molecule has 30 nitrogen and oxygen atoms in total. The third-order valence-corrected chi connectivity index (χ3v) is 33.5. The summed E-state index contributed by atoms with van der Waals surface area (Å²) in [6.07, 6.45) is 1.15. The Morgan fingerprint density at radius 2 is 0.662 bits per heavy atom. The molecule has 6 aliphatic rings. The van der Waals surface area contributed by atoms with Crippen LogP contribution in [0.5, 0.6) is 0 Å². The maximum atomic E-state index is 13.7. The predicted octanol–water partition coefficient (Wildman–Crippen LogP) is 17.1. The van der Waals surface area contributed by atoms with Gasteiger partial charge in [0.1, 0.15) is 47.0 Å². The zero-order chi connectivity index (χ0) is 97.8. The van der Waals surface area contributed by atoms with Crippen LogP contribution < -0.4 is 26.6 Å². The van der Waals surface area contributed by atoms with Crippen molar-refractivity contribution in [3.63, 3.8) is 0 Å². The van der Waals surface area contributed by atoms with E-state index in [1.165, 1.54) is 128 Å². The van der Waals surface area contributed by atoms with Gasteiger partial charge >= 0.3 is 0 Å². The number of hydrogen-bond acceptors (Lipinski definition) is 20. The lowest BCUT2D eigenvalue weighted by Crippen LogP contribution is -2.48. The van der Waals surface area contributed by atoms with Crippen molar-refractivity contribution in [1.29, 1.82) is 0 Å². The fraction of sp³-hybridized carbons (Fsp3) is 0.157. The van der Waals surface area contributed by atoms with Gasteiger partial charge in [-0.05, 0) is 218 Å². The van der Waals surface area contributed by atoms with E-state index in [9.17, 15) is 103 Å². The Hall–Kier alpha value is -9.89. The van der Waals surface area contributed by atoms with E-state index in [1.807, 2.05) is 0 Å². The first-order valence-electron chi connectivity index (χ1n) is 37.8. The number of anilines is 5. The number of amides is 10. The Kier molecular flexibility index (Phi) is 30.8. The van der Waals surface area contributed by atoms with Crippen molar-refractivity contribution in [2.75, 3.05) is 54.3 Å². The van der Waals surface area contributed by atoms with Crippen molar-refractivity contribution in [3.8, 4) is 0 Å². The highest BCUT2D eigenvalue weighted by molar-refractivity contribution is 9.10. The third-order valence-electron chi connectivity index (χ3n) is 20.5.